The van der Waals surface area contributed by atoms with Gasteiger partial charge in [0.1, 0.15) is 0 Å². The monoisotopic (exact) mass is 302 g/mol. The number of hydrogen-bond acceptors (Lipinski definition) is 3. The number of carbonyl (C=O) groups is 2. The first-order valence-corrected chi connectivity index (χ1v) is 7.46. The lowest BCUT2D eigenvalue weighted by Crippen LogP contribution is -2.25. The molecule has 0 bridgehead atoms. The van der Waals surface area contributed by atoms with Gasteiger partial charge in [0.05, 0.1) is 4.88 Å². The molecule has 21 heavy (non-hydrogen) atoms. The van der Waals surface area contributed by atoms with Crippen LogP contribution in [0.3, 0.4) is 0 Å². The van der Waals surface area contributed by atoms with Crippen molar-refractivity contribution in [2.75, 3.05) is 14.1 Å². The fraction of sp³-hybridized carbons (Fsp3) is 0.250. The van der Waals surface area contributed by atoms with Gasteiger partial charge in [-0.05, 0) is 36.8 Å². The van der Waals surface area contributed by atoms with E-state index in [2.05, 4.69) is 5.32 Å². The van der Waals surface area contributed by atoms with E-state index in [0.29, 0.717) is 12.1 Å². The summed E-state index contributed by atoms with van der Waals surface area (Å²) in [4.78, 5) is 27.3. The van der Waals surface area contributed by atoms with Crippen molar-refractivity contribution in [1.82, 2.24) is 10.2 Å². The van der Waals surface area contributed by atoms with Gasteiger partial charge in [-0.15, -0.1) is 11.3 Å². The number of rotatable bonds is 4. The molecule has 110 valence electrons. The van der Waals surface area contributed by atoms with Crippen molar-refractivity contribution in [2.24, 2.45) is 0 Å². The van der Waals surface area contributed by atoms with Gasteiger partial charge in [0, 0.05) is 31.1 Å². The van der Waals surface area contributed by atoms with Gasteiger partial charge in [-0.2, -0.15) is 0 Å². The van der Waals surface area contributed by atoms with Crippen LogP contribution in [0.4, 0.5) is 0 Å². The SMILES string of the molecule is CNC(=O)c1ccc(CN(C)C(=O)c2ccc(C)s2)cc1. The van der Waals surface area contributed by atoms with Crippen LogP contribution in [0.5, 0.6) is 0 Å². The topological polar surface area (TPSA) is 49.4 Å². The molecule has 0 aliphatic heterocycles. The summed E-state index contributed by atoms with van der Waals surface area (Å²) in [5, 5.41) is 2.58. The Morgan fingerprint density at radius 1 is 1.14 bits per heavy atom. The minimum absolute atomic E-state index is 0.0171. The molecule has 0 aliphatic rings. The normalized spacial score (nSPS) is 10.2. The molecule has 1 heterocycles. The van der Waals surface area contributed by atoms with Crippen molar-refractivity contribution >= 4 is 23.2 Å². The van der Waals surface area contributed by atoms with Crippen LogP contribution in [0, 0.1) is 6.92 Å². The molecule has 0 saturated carbocycles. The van der Waals surface area contributed by atoms with Crippen molar-refractivity contribution in [3.05, 3.63) is 57.3 Å². The van der Waals surface area contributed by atoms with Crippen LogP contribution < -0.4 is 5.32 Å². The highest BCUT2D eigenvalue weighted by Crippen LogP contribution is 2.17. The summed E-state index contributed by atoms with van der Waals surface area (Å²) in [6.45, 7) is 2.50. The molecule has 1 aromatic carbocycles. The largest absolute Gasteiger partial charge is 0.355 e. The Morgan fingerprint density at radius 3 is 2.33 bits per heavy atom. The van der Waals surface area contributed by atoms with Gasteiger partial charge < -0.3 is 10.2 Å². The van der Waals surface area contributed by atoms with Crippen LogP contribution in [0.1, 0.15) is 30.5 Å². The Kier molecular flexibility index (Phi) is 4.75. The summed E-state index contributed by atoms with van der Waals surface area (Å²) in [5.41, 5.74) is 1.61. The highest BCUT2D eigenvalue weighted by molar-refractivity contribution is 7.13. The molecule has 1 N–H and O–H groups in total. The van der Waals surface area contributed by atoms with Gasteiger partial charge in [0.15, 0.2) is 0 Å². The zero-order chi connectivity index (χ0) is 15.4. The summed E-state index contributed by atoms with van der Waals surface area (Å²) >= 11 is 1.50. The minimum atomic E-state index is -0.111. The number of benzene rings is 1. The van der Waals surface area contributed by atoms with Gasteiger partial charge in [-0.3, -0.25) is 9.59 Å². The molecule has 4 nitrogen and oxygen atoms in total. The Hall–Kier alpha value is -2.14. The number of nitrogens with zero attached hydrogens (tertiary/aromatic N) is 1. The third-order valence-corrected chi connectivity index (χ3v) is 4.15. The standard InChI is InChI=1S/C16H18N2O2S/c1-11-4-9-14(21-11)16(20)18(3)10-12-5-7-13(8-6-12)15(19)17-2/h4-9H,10H2,1-3H3,(H,17,19). The van der Waals surface area contributed by atoms with Crippen LogP contribution in [0.2, 0.25) is 0 Å². The fourth-order valence-corrected chi connectivity index (χ4v) is 2.85. The summed E-state index contributed by atoms with van der Waals surface area (Å²) < 4.78 is 0. The first-order chi connectivity index (χ1) is 10.0. The van der Waals surface area contributed by atoms with E-state index in [1.807, 2.05) is 31.2 Å². The Morgan fingerprint density at radius 2 is 1.81 bits per heavy atom. The van der Waals surface area contributed by atoms with Gasteiger partial charge in [-0.1, -0.05) is 12.1 Å². The summed E-state index contributed by atoms with van der Waals surface area (Å²) in [5.74, 6) is -0.0940. The van der Waals surface area contributed by atoms with Crippen LogP contribution in [0.15, 0.2) is 36.4 Å². The summed E-state index contributed by atoms with van der Waals surface area (Å²) in [6.07, 6.45) is 0. The van der Waals surface area contributed by atoms with Crippen molar-refractivity contribution in [2.45, 2.75) is 13.5 Å². The van der Waals surface area contributed by atoms with Crippen LogP contribution >= 0.6 is 11.3 Å². The maximum atomic E-state index is 12.3. The molecule has 1 aromatic heterocycles. The first-order valence-electron chi connectivity index (χ1n) is 6.64. The Balaban J connectivity index is 2.04. The van der Waals surface area contributed by atoms with E-state index in [0.717, 1.165) is 15.3 Å². The first kappa shape index (κ1) is 15.3. The molecule has 0 aliphatic carbocycles. The minimum Gasteiger partial charge on any atom is -0.355 e. The molecule has 2 amide bonds. The lowest BCUT2D eigenvalue weighted by molar-refractivity contribution is 0.0789. The second-order valence-corrected chi connectivity index (χ2v) is 6.14. The number of hydrogen-bond donors (Lipinski definition) is 1. The zero-order valence-electron chi connectivity index (χ0n) is 12.3. The maximum Gasteiger partial charge on any atom is 0.263 e. The molecule has 2 aromatic rings. The second kappa shape index (κ2) is 6.54. The van der Waals surface area contributed by atoms with Gasteiger partial charge in [0.25, 0.3) is 11.8 Å². The van der Waals surface area contributed by atoms with E-state index in [-0.39, 0.29) is 11.8 Å². The number of aryl methyl sites for hydroxylation is 1. The number of amides is 2. The van der Waals surface area contributed by atoms with E-state index in [4.69, 9.17) is 0 Å². The highest BCUT2D eigenvalue weighted by Gasteiger charge is 2.14. The van der Waals surface area contributed by atoms with Crippen LogP contribution in [-0.4, -0.2) is 30.8 Å². The number of carbonyl (C=O) groups excluding carboxylic acids is 2. The maximum absolute atomic E-state index is 12.3. The molecule has 2 rings (SSSR count). The number of thiophene rings is 1. The van der Waals surface area contributed by atoms with Crippen LogP contribution in [0.25, 0.3) is 0 Å². The third kappa shape index (κ3) is 3.70. The lowest BCUT2D eigenvalue weighted by atomic mass is 10.1. The molecule has 0 atom stereocenters. The Labute approximate surface area is 128 Å². The molecule has 0 fully saturated rings. The van der Waals surface area contributed by atoms with E-state index < -0.39 is 0 Å². The van der Waals surface area contributed by atoms with Crippen LogP contribution in [-0.2, 0) is 6.54 Å². The smallest absolute Gasteiger partial charge is 0.263 e. The molecular weight excluding hydrogens is 284 g/mol. The summed E-state index contributed by atoms with van der Waals surface area (Å²) in [7, 11) is 3.38. The molecule has 5 heteroatoms. The Bertz CT molecular complexity index is 647. The highest BCUT2D eigenvalue weighted by atomic mass is 32.1. The van der Waals surface area contributed by atoms with Crippen molar-refractivity contribution in [3.63, 3.8) is 0 Å². The number of nitrogens with one attached hydrogen (secondary N) is 1. The molecule has 0 spiro atoms. The lowest BCUT2D eigenvalue weighted by Gasteiger charge is -2.16. The molecule has 0 radical (unpaired) electrons. The quantitative estimate of drug-likeness (QED) is 0.944. The molecule has 0 saturated heterocycles. The predicted octanol–water partition coefficient (Wildman–Crippen LogP) is 2.69. The van der Waals surface area contributed by atoms with Crippen molar-refractivity contribution in [3.8, 4) is 0 Å². The van der Waals surface area contributed by atoms with Gasteiger partial charge in [0.2, 0.25) is 0 Å². The van der Waals surface area contributed by atoms with E-state index in [9.17, 15) is 9.59 Å². The molecular formula is C16H18N2O2S. The zero-order valence-corrected chi connectivity index (χ0v) is 13.2. The third-order valence-electron chi connectivity index (χ3n) is 3.16. The van der Waals surface area contributed by atoms with E-state index in [1.54, 1.807) is 31.1 Å². The molecule has 0 unspecified atom stereocenters. The van der Waals surface area contributed by atoms with E-state index in [1.165, 1.54) is 11.3 Å². The average molecular weight is 302 g/mol. The van der Waals surface area contributed by atoms with Crippen molar-refractivity contribution in [1.29, 1.82) is 0 Å². The van der Waals surface area contributed by atoms with Gasteiger partial charge in [-0.25, -0.2) is 0 Å². The predicted molar refractivity (Wildman–Crippen MR) is 84.7 cm³/mol. The second-order valence-electron chi connectivity index (χ2n) is 4.85. The summed E-state index contributed by atoms with van der Waals surface area (Å²) in [6, 6.07) is 11.1. The van der Waals surface area contributed by atoms with Crippen molar-refractivity contribution < 1.29 is 9.59 Å². The fourth-order valence-electron chi connectivity index (χ4n) is 1.99. The van der Waals surface area contributed by atoms with E-state index >= 15 is 0 Å². The van der Waals surface area contributed by atoms with Gasteiger partial charge >= 0.3 is 0 Å². The average Bonchev–Trinajstić information content (AvgIpc) is 2.93.